The molecule has 1 aromatic heterocycles. The van der Waals surface area contributed by atoms with Crippen LogP contribution in [0.1, 0.15) is 43.0 Å². The summed E-state index contributed by atoms with van der Waals surface area (Å²) in [5, 5.41) is 0. The van der Waals surface area contributed by atoms with Crippen molar-refractivity contribution in [2.45, 2.75) is 44.2 Å². The summed E-state index contributed by atoms with van der Waals surface area (Å²) in [6, 6.07) is 11.3. The summed E-state index contributed by atoms with van der Waals surface area (Å²) >= 11 is 3.51. The Labute approximate surface area is 158 Å². The topological polar surface area (TPSA) is 32.3 Å². The molecule has 4 nitrogen and oxygen atoms in total. The van der Waals surface area contributed by atoms with E-state index in [0.717, 1.165) is 29.2 Å². The van der Waals surface area contributed by atoms with E-state index in [2.05, 4.69) is 68.1 Å². The third-order valence-electron chi connectivity index (χ3n) is 5.31. The lowest BCUT2D eigenvalue weighted by Crippen LogP contribution is -2.46. The van der Waals surface area contributed by atoms with E-state index in [0.29, 0.717) is 12.0 Å². The molecule has 2 heterocycles. The molecule has 0 N–H and O–H groups in total. The van der Waals surface area contributed by atoms with Gasteiger partial charge in [0.2, 0.25) is 0 Å². The van der Waals surface area contributed by atoms with Crippen LogP contribution >= 0.6 is 15.9 Å². The second-order valence-electron chi connectivity index (χ2n) is 7.32. The number of likely N-dealkylation sites (tertiary alicyclic amines) is 1. The number of hydrogen-bond acceptors (Lipinski definition) is 4. The van der Waals surface area contributed by atoms with Crippen molar-refractivity contribution in [1.82, 2.24) is 14.9 Å². The Hall–Kier alpha value is -1.46. The second-order valence-corrected chi connectivity index (χ2v) is 8.23. The zero-order valence-electron chi connectivity index (χ0n) is 14.7. The number of likely N-dealkylation sites (N-methyl/N-ethyl adjacent to an activating group) is 1. The summed E-state index contributed by atoms with van der Waals surface area (Å²) in [6.07, 6.45) is 6.90. The number of halogens is 1. The third-order valence-corrected chi connectivity index (χ3v) is 5.84. The summed E-state index contributed by atoms with van der Waals surface area (Å²) in [5.41, 5.74) is 1.38. The molecule has 1 aliphatic heterocycles. The fourth-order valence-electron chi connectivity index (χ4n) is 3.62. The maximum absolute atomic E-state index is 4.82. The van der Waals surface area contributed by atoms with Crippen LogP contribution in [0.3, 0.4) is 0 Å². The van der Waals surface area contributed by atoms with Crippen molar-refractivity contribution in [3.05, 3.63) is 52.4 Å². The summed E-state index contributed by atoms with van der Waals surface area (Å²) in [7, 11) is 2.19. The minimum atomic E-state index is 0.520. The van der Waals surface area contributed by atoms with Crippen molar-refractivity contribution in [2.24, 2.45) is 0 Å². The van der Waals surface area contributed by atoms with E-state index >= 15 is 0 Å². The lowest BCUT2D eigenvalue weighted by atomic mass is 10.0. The quantitative estimate of drug-likeness (QED) is 0.751. The smallest absolute Gasteiger partial charge is 0.133 e. The average molecular weight is 401 g/mol. The van der Waals surface area contributed by atoms with Gasteiger partial charge < -0.3 is 4.90 Å². The van der Waals surface area contributed by atoms with Crippen LogP contribution in [-0.2, 0) is 6.54 Å². The first-order chi connectivity index (χ1) is 12.2. The zero-order chi connectivity index (χ0) is 17.2. The Morgan fingerprint density at radius 2 is 1.96 bits per heavy atom. The van der Waals surface area contributed by atoms with Gasteiger partial charge in [-0.2, -0.15) is 0 Å². The number of anilines is 1. The molecule has 0 amide bonds. The van der Waals surface area contributed by atoms with Gasteiger partial charge in [0, 0.05) is 42.8 Å². The number of benzene rings is 1. The monoisotopic (exact) mass is 400 g/mol. The fourth-order valence-corrected chi connectivity index (χ4v) is 3.89. The Morgan fingerprint density at radius 3 is 2.72 bits per heavy atom. The predicted octanol–water partition coefficient (Wildman–Crippen LogP) is 4.22. The molecule has 0 radical (unpaired) electrons. The molecule has 1 aliphatic carbocycles. The lowest BCUT2D eigenvalue weighted by molar-refractivity contribution is 0.198. The number of rotatable bonds is 5. The SMILES string of the molecule is CN(c1ccnc(C2CC2)n1)C1CCCN(Cc2ccc(Br)cc2)C1. The van der Waals surface area contributed by atoms with Crippen LogP contribution < -0.4 is 4.90 Å². The fraction of sp³-hybridized carbons (Fsp3) is 0.500. The normalized spacial score (nSPS) is 21.3. The molecule has 1 atom stereocenters. The third kappa shape index (κ3) is 4.21. The first kappa shape index (κ1) is 17.0. The maximum atomic E-state index is 4.82. The molecule has 5 heteroatoms. The highest BCUT2D eigenvalue weighted by Crippen LogP contribution is 2.38. The minimum absolute atomic E-state index is 0.520. The van der Waals surface area contributed by atoms with E-state index < -0.39 is 0 Å². The van der Waals surface area contributed by atoms with Crippen molar-refractivity contribution < 1.29 is 0 Å². The molecular formula is C20H25BrN4. The Morgan fingerprint density at radius 1 is 1.16 bits per heavy atom. The Kier molecular flexibility index (Phi) is 5.04. The van der Waals surface area contributed by atoms with Gasteiger partial charge >= 0.3 is 0 Å². The molecule has 1 saturated heterocycles. The van der Waals surface area contributed by atoms with Crippen molar-refractivity contribution in [1.29, 1.82) is 0 Å². The van der Waals surface area contributed by atoms with Gasteiger partial charge in [-0.3, -0.25) is 4.90 Å². The van der Waals surface area contributed by atoms with Gasteiger partial charge in [0.15, 0.2) is 0 Å². The molecular weight excluding hydrogens is 376 g/mol. The van der Waals surface area contributed by atoms with E-state index in [1.165, 1.54) is 37.8 Å². The molecule has 2 aliphatic rings. The largest absolute Gasteiger partial charge is 0.355 e. The summed E-state index contributed by atoms with van der Waals surface area (Å²) in [6.45, 7) is 3.29. The molecule has 1 aromatic carbocycles. The number of nitrogens with zero attached hydrogens (tertiary/aromatic N) is 4. The van der Waals surface area contributed by atoms with Gasteiger partial charge in [-0.05, 0) is 56.0 Å². The minimum Gasteiger partial charge on any atom is -0.355 e. The van der Waals surface area contributed by atoms with E-state index in [1.807, 2.05) is 6.20 Å². The van der Waals surface area contributed by atoms with Crippen LogP contribution in [0, 0.1) is 0 Å². The molecule has 132 valence electrons. The van der Waals surface area contributed by atoms with Gasteiger partial charge in [-0.25, -0.2) is 9.97 Å². The van der Waals surface area contributed by atoms with Gasteiger partial charge in [0.1, 0.15) is 11.6 Å². The van der Waals surface area contributed by atoms with Gasteiger partial charge in [-0.1, -0.05) is 28.1 Å². The van der Waals surface area contributed by atoms with Crippen molar-refractivity contribution in [3.63, 3.8) is 0 Å². The van der Waals surface area contributed by atoms with Crippen LogP contribution in [-0.4, -0.2) is 41.0 Å². The first-order valence-corrected chi connectivity index (χ1v) is 10.0. The Balaban J connectivity index is 1.41. The lowest BCUT2D eigenvalue weighted by Gasteiger charge is -2.38. The first-order valence-electron chi connectivity index (χ1n) is 9.21. The second kappa shape index (κ2) is 7.42. The van der Waals surface area contributed by atoms with Crippen LogP contribution in [0.4, 0.5) is 5.82 Å². The average Bonchev–Trinajstić information content (AvgIpc) is 3.49. The molecule has 0 bridgehead atoms. The van der Waals surface area contributed by atoms with E-state index in [1.54, 1.807) is 0 Å². The van der Waals surface area contributed by atoms with Crippen LogP contribution in [0.25, 0.3) is 0 Å². The summed E-state index contributed by atoms with van der Waals surface area (Å²) in [5.74, 6) is 2.72. The van der Waals surface area contributed by atoms with E-state index in [4.69, 9.17) is 4.98 Å². The molecule has 1 saturated carbocycles. The van der Waals surface area contributed by atoms with E-state index in [9.17, 15) is 0 Å². The van der Waals surface area contributed by atoms with Gasteiger partial charge in [-0.15, -0.1) is 0 Å². The number of hydrogen-bond donors (Lipinski definition) is 0. The highest BCUT2D eigenvalue weighted by molar-refractivity contribution is 9.10. The van der Waals surface area contributed by atoms with Crippen molar-refractivity contribution >= 4 is 21.7 Å². The molecule has 4 rings (SSSR count). The summed E-state index contributed by atoms with van der Waals surface area (Å²) < 4.78 is 1.14. The molecule has 0 spiro atoms. The molecule has 25 heavy (non-hydrogen) atoms. The zero-order valence-corrected chi connectivity index (χ0v) is 16.3. The predicted molar refractivity (Wildman–Crippen MR) is 105 cm³/mol. The standard InChI is InChI=1S/C20H25BrN4/c1-24(19-10-11-22-20(23-19)16-6-7-16)18-3-2-12-25(14-18)13-15-4-8-17(21)9-5-15/h4-5,8-11,16,18H,2-3,6-7,12-14H2,1H3. The highest BCUT2D eigenvalue weighted by atomic mass is 79.9. The summed E-state index contributed by atoms with van der Waals surface area (Å²) in [4.78, 5) is 14.2. The van der Waals surface area contributed by atoms with Crippen LogP contribution in [0.2, 0.25) is 0 Å². The van der Waals surface area contributed by atoms with Crippen LogP contribution in [0.15, 0.2) is 41.0 Å². The van der Waals surface area contributed by atoms with Crippen LogP contribution in [0.5, 0.6) is 0 Å². The van der Waals surface area contributed by atoms with Gasteiger partial charge in [0.05, 0.1) is 0 Å². The Bertz CT molecular complexity index is 714. The molecule has 2 aromatic rings. The van der Waals surface area contributed by atoms with Crippen molar-refractivity contribution in [3.8, 4) is 0 Å². The maximum Gasteiger partial charge on any atom is 0.133 e. The van der Waals surface area contributed by atoms with Gasteiger partial charge in [0.25, 0.3) is 0 Å². The number of aromatic nitrogens is 2. The molecule has 1 unspecified atom stereocenters. The highest BCUT2D eigenvalue weighted by Gasteiger charge is 2.28. The van der Waals surface area contributed by atoms with E-state index in [-0.39, 0.29) is 0 Å². The number of piperidine rings is 1. The van der Waals surface area contributed by atoms with Crippen molar-refractivity contribution in [2.75, 3.05) is 25.0 Å². The molecule has 2 fully saturated rings.